The Balaban J connectivity index is 1.72. The summed E-state index contributed by atoms with van der Waals surface area (Å²) in [6, 6.07) is 7.12. The smallest absolute Gasteiger partial charge is 0.236 e. The summed E-state index contributed by atoms with van der Waals surface area (Å²) in [7, 11) is 0. The number of nitriles is 1. The molecule has 1 aliphatic heterocycles. The second-order valence-corrected chi connectivity index (χ2v) is 6.81. The molecule has 1 aromatic heterocycles. The molecule has 0 N–H and O–H groups in total. The number of aromatic nitrogens is 1. The molecule has 1 aliphatic rings. The summed E-state index contributed by atoms with van der Waals surface area (Å²) >= 11 is 0. The van der Waals surface area contributed by atoms with E-state index in [9.17, 15) is 9.59 Å². The zero-order valence-corrected chi connectivity index (χ0v) is 15.3. The van der Waals surface area contributed by atoms with Crippen molar-refractivity contribution in [3.8, 4) is 17.6 Å². The number of amides is 1. The maximum Gasteiger partial charge on any atom is 0.236 e. The molecular formula is C20H21N3O4. The van der Waals surface area contributed by atoms with Gasteiger partial charge in [-0.2, -0.15) is 5.26 Å². The number of carbonyl (C=O) groups excluding carboxylic acids is 2. The van der Waals surface area contributed by atoms with E-state index in [4.69, 9.17) is 14.7 Å². The Kier molecular flexibility index (Phi) is 5.55. The van der Waals surface area contributed by atoms with Crippen LogP contribution >= 0.6 is 0 Å². The maximum absolute atomic E-state index is 11.6. The third kappa shape index (κ3) is 4.17. The molecule has 0 unspecified atom stereocenters. The molecule has 2 heterocycles. The molecule has 1 saturated heterocycles. The van der Waals surface area contributed by atoms with Crippen LogP contribution in [0.5, 0.6) is 11.5 Å². The number of benzene rings is 1. The number of aldehydes is 1. The molecule has 1 fully saturated rings. The van der Waals surface area contributed by atoms with Crippen molar-refractivity contribution < 1.29 is 19.1 Å². The van der Waals surface area contributed by atoms with Crippen LogP contribution in [0.3, 0.4) is 0 Å². The molecule has 0 radical (unpaired) electrons. The second kappa shape index (κ2) is 8.04. The second-order valence-electron chi connectivity index (χ2n) is 6.81. The first kappa shape index (κ1) is 18.6. The predicted molar refractivity (Wildman–Crippen MR) is 98.7 cm³/mol. The van der Waals surface area contributed by atoms with Crippen molar-refractivity contribution in [2.24, 2.45) is 5.92 Å². The predicted octanol–water partition coefficient (Wildman–Crippen LogP) is 2.59. The van der Waals surface area contributed by atoms with Gasteiger partial charge in [0.1, 0.15) is 17.9 Å². The third-order valence-electron chi connectivity index (χ3n) is 4.34. The monoisotopic (exact) mass is 367 g/mol. The SMILES string of the molecule is CC(C)Oc1cc2c(OCC3CN(C(=O)CC#N)C3)ccnc2cc1C=O. The summed E-state index contributed by atoms with van der Waals surface area (Å²) < 4.78 is 11.7. The molecular weight excluding hydrogens is 346 g/mol. The molecule has 7 heteroatoms. The summed E-state index contributed by atoms with van der Waals surface area (Å²) in [4.78, 5) is 28.9. The van der Waals surface area contributed by atoms with Gasteiger partial charge in [-0.05, 0) is 32.0 Å². The van der Waals surface area contributed by atoms with Crippen LogP contribution < -0.4 is 9.47 Å². The Morgan fingerprint density at radius 1 is 1.41 bits per heavy atom. The van der Waals surface area contributed by atoms with Gasteiger partial charge in [-0.15, -0.1) is 0 Å². The summed E-state index contributed by atoms with van der Waals surface area (Å²) in [6.45, 7) is 5.46. The minimum atomic E-state index is -0.139. The van der Waals surface area contributed by atoms with Gasteiger partial charge in [0.2, 0.25) is 5.91 Å². The Morgan fingerprint density at radius 2 is 2.19 bits per heavy atom. The fourth-order valence-corrected chi connectivity index (χ4v) is 3.00. The zero-order chi connectivity index (χ0) is 19.4. The molecule has 3 rings (SSSR count). The number of fused-ring (bicyclic) bond motifs is 1. The van der Waals surface area contributed by atoms with E-state index in [0.717, 1.165) is 11.7 Å². The Morgan fingerprint density at radius 3 is 2.85 bits per heavy atom. The maximum atomic E-state index is 11.6. The van der Waals surface area contributed by atoms with Gasteiger partial charge in [0.25, 0.3) is 0 Å². The van der Waals surface area contributed by atoms with Gasteiger partial charge in [0.05, 0.1) is 29.9 Å². The third-order valence-corrected chi connectivity index (χ3v) is 4.34. The van der Waals surface area contributed by atoms with Crippen LogP contribution in [0.15, 0.2) is 24.4 Å². The molecule has 7 nitrogen and oxygen atoms in total. The molecule has 0 saturated carbocycles. The highest BCUT2D eigenvalue weighted by atomic mass is 16.5. The lowest BCUT2D eigenvalue weighted by Gasteiger charge is -2.38. The van der Waals surface area contributed by atoms with Crippen LogP contribution in [-0.2, 0) is 4.79 Å². The van der Waals surface area contributed by atoms with Crippen molar-refractivity contribution in [1.82, 2.24) is 9.88 Å². The van der Waals surface area contributed by atoms with Gasteiger partial charge in [-0.1, -0.05) is 0 Å². The van der Waals surface area contributed by atoms with E-state index in [1.54, 1.807) is 29.3 Å². The molecule has 0 atom stereocenters. The van der Waals surface area contributed by atoms with Crippen LogP contribution in [0.1, 0.15) is 30.6 Å². The van der Waals surface area contributed by atoms with Crippen molar-refractivity contribution >= 4 is 23.1 Å². The van der Waals surface area contributed by atoms with Crippen LogP contribution in [-0.4, -0.2) is 47.9 Å². The lowest BCUT2D eigenvalue weighted by atomic mass is 10.0. The van der Waals surface area contributed by atoms with E-state index in [2.05, 4.69) is 4.98 Å². The summed E-state index contributed by atoms with van der Waals surface area (Å²) in [6.07, 6.45) is 2.25. The van der Waals surface area contributed by atoms with Crippen molar-refractivity contribution in [2.45, 2.75) is 26.4 Å². The Hall–Kier alpha value is -3.14. The van der Waals surface area contributed by atoms with E-state index >= 15 is 0 Å². The van der Waals surface area contributed by atoms with Crippen molar-refractivity contribution in [2.75, 3.05) is 19.7 Å². The van der Waals surface area contributed by atoms with E-state index in [1.165, 1.54) is 0 Å². The van der Waals surface area contributed by atoms with Crippen molar-refractivity contribution in [3.63, 3.8) is 0 Å². The first-order valence-corrected chi connectivity index (χ1v) is 8.84. The largest absolute Gasteiger partial charge is 0.492 e. The molecule has 2 aromatic rings. The molecule has 1 amide bonds. The van der Waals surface area contributed by atoms with Crippen LogP contribution in [0.25, 0.3) is 10.9 Å². The normalized spacial score (nSPS) is 13.9. The number of hydrogen-bond acceptors (Lipinski definition) is 6. The number of hydrogen-bond donors (Lipinski definition) is 0. The molecule has 0 aliphatic carbocycles. The van der Waals surface area contributed by atoms with Gasteiger partial charge < -0.3 is 14.4 Å². The molecule has 27 heavy (non-hydrogen) atoms. The highest BCUT2D eigenvalue weighted by molar-refractivity contribution is 5.93. The highest BCUT2D eigenvalue weighted by Gasteiger charge is 2.30. The molecule has 0 bridgehead atoms. The number of pyridine rings is 1. The standard InChI is InChI=1S/C20H21N3O4/c1-13(2)27-19-8-16-17(7-15(19)11-24)22-6-4-18(16)26-12-14-9-23(10-14)20(25)3-5-21/h4,6-8,11,13-14H,3,9-10,12H2,1-2H3. The van der Waals surface area contributed by atoms with Crippen molar-refractivity contribution in [3.05, 3.63) is 30.0 Å². The lowest BCUT2D eigenvalue weighted by Crippen LogP contribution is -2.51. The van der Waals surface area contributed by atoms with E-state index in [-0.39, 0.29) is 24.3 Å². The van der Waals surface area contributed by atoms with Crippen LogP contribution in [0, 0.1) is 17.2 Å². The van der Waals surface area contributed by atoms with Gasteiger partial charge in [0, 0.05) is 30.6 Å². The fraction of sp³-hybridized carbons (Fsp3) is 0.400. The quantitative estimate of drug-likeness (QED) is 0.699. The molecule has 140 valence electrons. The minimum Gasteiger partial charge on any atom is -0.492 e. The molecule has 0 spiro atoms. The minimum absolute atomic E-state index is 0.0610. The van der Waals surface area contributed by atoms with Gasteiger partial charge >= 0.3 is 0 Å². The van der Waals surface area contributed by atoms with E-state index in [0.29, 0.717) is 42.3 Å². The van der Waals surface area contributed by atoms with E-state index in [1.807, 2.05) is 19.9 Å². The molecule has 1 aromatic carbocycles. The average molecular weight is 367 g/mol. The number of rotatable bonds is 7. The highest BCUT2D eigenvalue weighted by Crippen LogP contribution is 2.31. The topological polar surface area (TPSA) is 92.5 Å². The number of carbonyl (C=O) groups is 2. The zero-order valence-electron chi connectivity index (χ0n) is 15.3. The Bertz CT molecular complexity index is 898. The first-order valence-electron chi connectivity index (χ1n) is 8.84. The lowest BCUT2D eigenvalue weighted by molar-refractivity contribution is -0.137. The van der Waals surface area contributed by atoms with Crippen LogP contribution in [0.2, 0.25) is 0 Å². The number of ether oxygens (including phenoxy) is 2. The summed E-state index contributed by atoms with van der Waals surface area (Å²) in [5.74, 6) is 1.26. The summed E-state index contributed by atoms with van der Waals surface area (Å²) in [5, 5.41) is 9.35. The average Bonchev–Trinajstić information content (AvgIpc) is 2.59. The van der Waals surface area contributed by atoms with Gasteiger partial charge in [-0.25, -0.2) is 0 Å². The number of likely N-dealkylation sites (tertiary alicyclic amines) is 1. The summed E-state index contributed by atoms with van der Waals surface area (Å²) in [5.41, 5.74) is 1.11. The Labute approximate surface area is 157 Å². The van der Waals surface area contributed by atoms with E-state index < -0.39 is 0 Å². The van der Waals surface area contributed by atoms with Crippen molar-refractivity contribution in [1.29, 1.82) is 5.26 Å². The van der Waals surface area contributed by atoms with Gasteiger partial charge in [-0.3, -0.25) is 14.6 Å². The number of nitrogens with zero attached hydrogens (tertiary/aromatic N) is 3. The first-order chi connectivity index (χ1) is 13.0. The fourth-order valence-electron chi connectivity index (χ4n) is 3.00. The van der Waals surface area contributed by atoms with Gasteiger partial charge in [0.15, 0.2) is 6.29 Å². The van der Waals surface area contributed by atoms with Crippen LogP contribution in [0.4, 0.5) is 0 Å².